The molecule has 21 heavy (non-hydrogen) atoms. The van der Waals surface area contributed by atoms with E-state index >= 15 is 0 Å². The van der Waals surface area contributed by atoms with Crippen LogP contribution in [0.25, 0.3) is 0 Å². The standard InChI is InChI=1S/C16H21FN4/c1-4-21(15-7-5-13(17)6-8-15)16-11-19-14(10-20-16)9-18-12(2)3/h5-8,10-12,18H,4,9H2,1-3H3. The highest BCUT2D eigenvalue weighted by atomic mass is 19.1. The summed E-state index contributed by atoms with van der Waals surface area (Å²) in [7, 11) is 0. The van der Waals surface area contributed by atoms with Crippen LogP contribution >= 0.6 is 0 Å². The summed E-state index contributed by atoms with van der Waals surface area (Å²) >= 11 is 0. The third-order valence-corrected chi connectivity index (χ3v) is 3.11. The molecule has 1 aromatic heterocycles. The van der Waals surface area contributed by atoms with E-state index in [1.165, 1.54) is 12.1 Å². The van der Waals surface area contributed by atoms with E-state index in [1.54, 1.807) is 24.5 Å². The third-order valence-electron chi connectivity index (χ3n) is 3.11. The molecule has 0 unspecified atom stereocenters. The molecule has 112 valence electrons. The molecule has 0 aliphatic rings. The largest absolute Gasteiger partial charge is 0.325 e. The molecule has 0 saturated heterocycles. The molecule has 0 spiro atoms. The molecular weight excluding hydrogens is 267 g/mol. The van der Waals surface area contributed by atoms with Crippen molar-refractivity contribution in [3.05, 3.63) is 48.2 Å². The SMILES string of the molecule is CCN(c1ccc(F)cc1)c1cnc(CNC(C)C)cn1. The van der Waals surface area contributed by atoms with E-state index < -0.39 is 0 Å². The first kappa shape index (κ1) is 15.4. The van der Waals surface area contributed by atoms with Crippen molar-refractivity contribution in [2.24, 2.45) is 0 Å². The van der Waals surface area contributed by atoms with Crippen LogP contribution in [0, 0.1) is 5.82 Å². The van der Waals surface area contributed by atoms with Crippen LogP contribution in [-0.2, 0) is 6.54 Å². The highest BCUT2D eigenvalue weighted by Crippen LogP contribution is 2.22. The number of rotatable bonds is 6. The van der Waals surface area contributed by atoms with Gasteiger partial charge in [-0.05, 0) is 31.2 Å². The molecule has 4 nitrogen and oxygen atoms in total. The highest BCUT2D eigenvalue weighted by molar-refractivity contribution is 5.58. The van der Waals surface area contributed by atoms with Crippen molar-refractivity contribution in [3.63, 3.8) is 0 Å². The van der Waals surface area contributed by atoms with Gasteiger partial charge in [-0.3, -0.25) is 4.98 Å². The van der Waals surface area contributed by atoms with Gasteiger partial charge in [0.25, 0.3) is 0 Å². The molecule has 2 rings (SSSR count). The maximum Gasteiger partial charge on any atom is 0.151 e. The van der Waals surface area contributed by atoms with Gasteiger partial charge in [-0.15, -0.1) is 0 Å². The minimum atomic E-state index is -0.240. The number of anilines is 2. The smallest absolute Gasteiger partial charge is 0.151 e. The van der Waals surface area contributed by atoms with Gasteiger partial charge in [0, 0.05) is 24.8 Å². The molecule has 0 fully saturated rings. The quantitative estimate of drug-likeness (QED) is 0.885. The molecule has 1 aromatic carbocycles. The van der Waals surface area contributed by atoms with E-state index in [9.17, 15) is 4.39 Å². The molecule has 2 aromatic rings. The summed E-state index contributed by atoms with van der Waals surface area (Å²) in [5.74, 6) is 0.522. The predicted molar refractivity (Wildman–Crippen MR) is 83.1 cm³/mol. The van der Waals surface area contributed by atoms with Crippen molar-refractivity contribution in [2.75, 3.05) is 11.4 Å². The fraction of sp³-hybridized carbons (Fsp3) is 0.375. The summed E-state index contributed by atoms with van der Waals surface area (Å²) < 4.78 is 13.0. The molecular formula is C16H21FN4. The van der Waals surface area contributed by atoms with Crippen LogP contribution in [0.5, 0.6) is 0 Å². The average molecular weight is 288 g/mol. The Bertz CT molecular complexity index is 551. The van der Waals surface area contributed by atoms with Gasteiger partial charge in [-0.2, -0.15) is 0 Å². The first-order valence-electron chi connectivity index (χ1n) is 7.17. The number of hydrogen-bond acceptors (Lipinski definition) is 4. The highest BCUT2D eigenvalue weighted by Gasteiger charge is 2.09. The summed E-state index contributed by atoms with van der Waals surface area (Å²) in [6.07, 6.45) is 3.53. The zero-order chi connectivity index (χ0) is 15.2. The zero-order valence-electron chi connectivity index (χ0n) is 12.7. The van der Waals surface area contributed by atoms with Crippen molar-refractivity contribution in [1.29, 1.82) is 0 Å². The van der Waals surface area contributed by atoms with Crippen molar-refractivity contribution >= 4 is 11.5 Å². The minimum Gasteiger partial charge on any atom is -0.325 e. The van der Waals surface area contributed by atoms with Gasteiger partial charge in [0.2, 0.25) is 0 Å². The van der Waals surface area contributed by atoms with Crippen molar-refractivity contribution in [3.8, 4) is 0 Å². The van der Waals surface area contributed by atoms with Gasteiger partial charge < -0.3 is 10.2 Å². The summed E-state index contributed by atoms with van der Waals surface area (Å²) in [6.45, 7) is 7.65. The Morgan fingerprint density at radius 2 is 1.86 bits per heavy atom. The van der Waals surface area contributed by atoms with Gasteiger partial charge in [-0.25, -0.2) is 9.37 Å². The Hall–Kier alpha value is -2.01. The fourth-order valence-corrected chi connectivity index (χ4v) is 1.99. The van der Waals surface area contributed by atoms with Gasteiger partial charge in [0.15, 0.2) is 5.82 Å². The fourth-order valence-electron chi connectivity index (χ4n) is 1.99. The Morgan fingerprint density at radius 3 is 2.38 bits per heavy atom. The Morgan fingerprint density at radius 1 is 1.14 bits per heavy atom. The predicted octanol–water partition coefficient (Wildman–Crippen LogP) is 3.27. The number of halogens is 1. The van der Waals surface area contributed by atoms with Crippen molar-refractivity contribution in [1.82, 2.24) is 15.3 Å². The normalized spacial score (nSPS) is 10.9. The molecule has 0 radical (unpaired) electrons. The zero-order valence-corrected chi connectivity index (χ0v) is 12.7. The second-order valence-corrected chi connectivity index (χ2v) is 5.12. The minimum absolute atomic E-state index is 0.240. The van der Waals surface area contributed by atoms with E-state index in [4.69, 9.17) is 0 Å². The van der Waals surface area contributed by atoms with Crippen LogP contribution in [0.15, 0.2) is 36.7 Å². The van der Waals surface area contributed by atoms with Crippen LogP contribution < -0.4 is 10.2 Å². The van der Waals surface area contributed by atoms with Crippen molar-refractivity contribution in [2.45, 2.75) is 33.4 Å². The number of hydrogen-bond donors (Lipinski definition) is 1. The monoisotopic (exact) mass is 288 g/mol. The second kappa shape index (κ2) is 7.13. The molecule has 1 N–H and O–H groups in total. The summed E-state index contributed by atoms with van der Waals surface area (Å²) in [5.41, 5.74) is 1.81. The molecule has 1 heterocycles. The first-order chi connectivity index (χ1) is 10.1. The van der Waals surface area contributed by atoms with Crippen LogP contribution in [-0.4, -0.2) is 22.6 Å². The summed E-state index contributed by atoms with van der Waals surface area (Å²) in [4.78, 5) is 10.9. The molecule has 0 amide bonds. The molecule has 0 aliphatic heterocycles. The lowest BCUT2D eigenvalue weighted by molar-refractivity contribution is 0.580. The van der Waals surface area contributed by atoms with Crippen LogP contribution in [0.4, 0.5) is 15.9 Å². The van der Waals surface area contributed by atoms with E-state index in [2.05, 4.69) is 29.1 Å². The maximum atomic E-state index is 13.0. The Balaban J connectivity index is 2.13. The second-order valence-electron chi connectivity index (χ2n) is 5.12. The lowest BCUT2D eigenvalue weighted by atomic mass is 10.3. The summed E-state index contributed by atoms with van der Waals surface area (Å²) in [5, 5.41) is 3.30. The average Bonchev–Trinajstić information content (AvgIpc) is 2.49. The van der Waals surface area contributed by atoms with E-state index in [-0.39, 0.29) is 5.82 Å². The topological polar surface area (TPSA) is 41.1 Å². The molecule has 5 heteroatoms. The maximum absolute atomic E-state index is 13.0. The number of nitrogens with zero attached hydrogens (tertiary/aromatic N) is 3. The Labute approximate surface area is 125 Å². The van der Waals surface area contributed by atoms with Crippen LogP contribution in [0.3, 0.4) is 0 Å². The lowest BCUT2D eigenvalue weighted by Gasteiger charge is -2.21. The van der Waals surface area contributed by atoms with Gasteiger partial charge in [0.1, 0.15) is 5.82 Å². The van der Waals surface area contributed by atoms with Crippen LogP contribution in [0.2, 0.25) is 0 Å². The van der Waals surface area contributed by atoms with Gasteiger partial charge in [0.05, 0.1) is 18.1 Å². The molecule has 0 bridgehead atoms. The number of nitrogens with one attached hydrogen (secondary N) is 1. The third kappa shape index (κ3) is 4.23. The van der Waals surface area contributed by atoms with E-state index in [0.29, 0.717) is 12.6 Å². The molecule has 0 aliphatic carbocycles. The van der Waals surface area contributed by atoms with Gasteiger partial charge >= 0.3 is 0 Å². The molecule has 0 atom stereocenters. The number of benzene rings is 1. The van der Waals surface area contributed by atoms with Crippen LogP contribution in [0.1, 0.15) is 26.5 Å². The van der Waals surface area contributed by atoms with E-state index in [0.717, 1.165) is 23.7 Å². The van der Waals surface area contributed by atoms with E-state index in [1.807, 2.05) is 11.8 Å². The number of aromatic nitrogens is 2. The van der Waals surface area contributed by atoms with Crippen molar-refractivity contribution < 1.29 is 4.39 Å². The summed E-state index contributed by atoms with van der Waals surface area (Å²) in [6, 6.07) is 6.81. The first-order valence-corrected chi connectivity index (χ1v) is 7.17. The Kier molecular flexibility index (Phi) is 5.22. The lowest BCUT2D eigenvalue weighted by Crippen LogP contribution is -2.23. The molecule has 0 saturated carbocycles. The van der Waals surface area contributed by atoms with Gasteiger partial charge in [-0.1, -0.05) is 13.8 Å².